The van der Waals surface area contributed by atoms with Crippen LogP contribution in [0.4, 0.5) is 0 Å². The number of para-hydroxylation sites is 1. The molecule has 5 nitrogen and oxygen atoms in total. The van der Waals surface area contributed by atoms with Gasteiger partial charge in [-0.2, -0.15) is 0 Å². The zero-order valence-electron chi connectivity index (χ0n) is 11.6. The average Bonchev–Trinajstić information content (AvgIpc) is 2.80. The van der Waals surface area contributed by atoms with Crippen LogP contribution in [0.2, 0.25) is 0 Å². The summed E-state index contributed by atoms with van der Waals surface area (Å²) in [5.41, 5.74) is 3.60. The molecule has 0 saturated heterocycles. The molecule has 0 atom stereocenters. The number of benzene rings is 1. The summed E-state index contributed by atoms with van der Waals surface area (Å²) in [6.45, 7) is 6.97. The van der Waals surface area contributed by atoms with Gasteiger partial charge in [0.2, 0.25) is 0 Å². The second-order valence-corrected chi connectivity index (χ2v) is 4.47. The van der Waals surface area contributed by atoms with Crippen LogP contribution in [0.25, 0.3) is 0 Å². The van der Waals surface area contributed by atoms with Crippen molar-refractivity contribution < 1.29 is 9.84 Å². The maximum Gasteiger partial charge on any atom is 0.132 e. The van der Waals surface area contributed by atoms with Gasteiger partial charge in [-0.3, -0.25) is 0 Å². The summed E-state index contributed by atoms with van der Waals surface area (Å²) in [5, 5.41) is 17.2. The fourth-order valence-electron chi connectivity index (χ4n) is 2.07. The van der Waals surface area contributed by atoms with Gasteiger partial charge < -0.3 is 9.84 Å². The minimum atomic E-state index is -0.120. The Hall–Kier alpha value is -1.88. The normalized spacial score (nSPS) is 10.7. The fraction of sp³-hybridized carbons (Fsp3) is 0.429. The fourth-order valence-corrected chi connectivity index (χ4v) is 2.07. The van der Waals surface area contributed by atoms with E-state index in [-0.39, 0.29) is 6.61 Å². The molecule has 19 heavy (non-hydrogen) atoms. The molecule has 0 spiro atoms. The summed E-state index contributed by atoms with van der Waals surface area (Å²) < 4.78 is 7.63. The van der Waals surface area contributed by atoms with E-state index in [9.17, 15) is 5.11 Å². The van der Waals surface area contributed by atoms with Gasteiger partial charge in [0.15, 0.2) is 0 Å². The maximum absolute atomic E-state index is 9.26. The van der Waals surface area contributed by atoms with Gasteiger partial charge in [0.25, 0.3) is 0 Å². The highest BCUT2D eigenvalue weighted by Crippen LogP contribution is 2.23. The maximum atomic E-state index is 9.26. The van der Waals surface area contributed by atoms with Crippen molar-refractivity contribution in [3.8, 4) is 5.75 Å². The van der Waals surface area contributed by atoms with Gasteiger partial charge in [0.05, 0.1) is 6.61 Å². The van der Waals surface area contributed by atoms with E-state index in [0.717, 1.165) is 22.6 Å². The molecule has 2 rings (SSSR count). The van der Waals surface area contributed by atoms with Crippen LogP contribution in [0.15, 0.2) is 18.2 Å². The highest BCUT2D eigenvalue weighted by Gasteiger charge is 2.13. The lowest BCUT2D eigenvalue weighted by molar-refractivity contribution is 0.260. The van der Waals surface area contributed by atoms with Crippen molar-refractivity contribution in [2.75, 3.05) is 0 Å². The van der Waals surface area contributed by atoms with Crippen molar-refractivity contribution in [1.82, 2.24) is 15.0 Å². The number of ether oxygens (including phenoxy) is 1. The number of aryl methyl sites for hydroxylation is 3. The monoisotopic (exact) mass is 261 g/mol. The van der Waals surface area contributed by atoms with E-state index in [2.05, 4.69) is 10.3 Å². The van der Waals surface area contributed by atoms with Gasteiger partial charge in [0.1, 0.15) is 23.7 Å². The molecule has 0 aliphatic rings. The van der Waals surface area contributed by atoms with Crippen LogP contribution in [0.5, 0.6) is 5.75 Å². The SMILES string of the molecule is CCn1nnc(CO)c1COc1c(C)cccc1C. The lowest BCUT2D eigenvalue weighted by Crippen LogP contribution is -2.09. The van der Waals surface area contributed by atoms with Gasteiger partial charge >= 0.3 is 0 Å². The molecule has 0 aliphatic carbocycles. The Labute approximate surface area is 112 Å². The Balaban J connectivity index is 2.21. The summed E-state index contributed by atoms with van der Waals surface area (Å²) >= 11 is 0. The summed E-state index contributed by atoms with van der Waals surface area (Å²) in [6, 6.07) is 6.05. The number of rotatable bonds is 5. The largest absolute Gasteiger partial charge is 0.487 e. The quantitative estimate of drug-likeness (QED) is 0.894. The molecular weight excluding hydrogens is 242 g/mol. The van der Waals surface area contributed by atoms with Gasteiger partial charge in [-0.05, 0) is 31.9 Å². The summed E-state index contributed by atoms with van der Waals surface area (Å²) in [6.07, 6.45) is 0. The highest BCUT2D eigenvalue weighted by molar-refractivity contribution is 5.39. The number of aromatic nitrogens is 3. The van der Waals surface area contributed by atoms with E-state index >= 15 is 0 Å². The predicted molar refractivity (Wildman–Crippen MR) is 71.9 cm³/mol. The van der Waals surface area contributed by atoms with Crippen molar-refractivity contribution in [3.63, 3.8) is 0 Å². The Morgan fingerprint density at radius 2 is 1.95 bits per heavy atom. The first kappa shape index (κ1) is 13.5. The van der Waals surface area contributed by atoms with E-state index in [1.54, 1.807) is 4.68 Å². The smallest absolute Gasteiger partial charge is 0.132 e. The third kappa shape index (κ3) is 2.76. The zero-order valence-corrected chi connectivity index (χ0v) is 11.6. The average molecular weight is 261 g/mol. The number of hydrogen-bond donors (Lipinski definition) is 1. The lowest BCUT2D eigenvalue weighted by Gasteiger charge is -2.12. The standard InChI is InChI=1S/C14H19N3O2/c1-4-17-13(12(8-18)15-16-17)9-19-14-10(2)6-5-7-11(14)3/h5-7,18H,4,8-9H2,1-3H3. The number of aliphatic hydroxyl groups excluding tert-OH is 1. The Morgan fingerprint density at radius 3 is 2.53 bits per heavy atom. The zero-order chi connectivity index (χ0) is 13.8. The molecule has 0 saturated carbocycles. The first-order chi connectivity index (χ1) is 9.17. The van der Waals surface area contributed by atoms with Gasteiger partial charge in [-0.25, -0.2) is 4.68 Å². The molecule has 0 radical (unpaired) electrons. The van der Waals surface area contributed by atoms with Crippen LogP contribution in [0.3, 0.4) is 0 Å². The highest BCUT2D eigenvalue weighted by atomic mass is 16.5. The van der Waals surface area contributed by atoms with Crippen LogP contribution in [0.1, 0.15) is 29.4 Å². The summed E-state index contributed by atoms with van der Waals surface area (Å²) in [4.78, 5) is 0. The molecule has 1 aromatic carbocycles. The summed E-state index contributed by atoms with van der Waals surface area (Å²) in [7, 11) is 0. The molecule has 5 heteroatoms. The van der Waals surface area contributed by atoms with Crippen LogP contribution in [-0.4, -0.2) is 20.1 Å². The minimum Gasteiger partial charge on any atom is -0.487 e. The van der Waals surface area contributed by atoms with E-state index in [1.807, 2.05) is 39.0 Å². The van der Waals surface area contributed by atoms with E-state index < -0.39 is 0 Å². The first-order valence-corrected chi connectivity index (χ1v) is 6.38. The molecule has 102 valence electrons. The number of hydrogen-bond acceptors (Lipinski definition) is 4. The van der Waals surface area contributed by atoms with Crippen molar-refractivity contribution in [2.45, 2.75) is 40.5 Å². The Morgan fingerprint density at radius 1 is 1.26 bits per heavy atom. The second-order valence-electron chi connectivity index (χ2n) is 4.47. The van der Waals surface area contributed by atoms with Crippen LogP contribution in [0, 0.1) is 13.8 Å². The molecule has 2 aromatic rings. The molecule has 0 fully saturated rings. The number of nitrogens with zero attached hydrogens (tertiary/aromatic N) is 3. The third-order valence-corrected chi connectivity index (χ3v) is 3.13. The van der Waals surface area contributed by atoms with Crippen molar-refractivity contribution in [3.05, 3.63) is 40.7 Å². The predicted octanol–water partition coefficient (Wildman–Crippen LogP) is 1.99. The molecule has 1 aromatic heterocycles. The van der Waals surface area contributed by atoms with Crippen LogP contribution < -0.4 is 4.74 Å². The van der Waals surface area contributed by atoms with Crippen LogP contribution in [-0.2, 0) is 19.8 Å². The van der Waals surface area contributed by atoms with Crippen molar-refractivity contribution in [2.24, 2.45) is 0 Å². The lowest BCUT2D eigenvalue weighted by atomic mass is 10.1. The summed E-state index contributed by atoms with van der Waals surface area (Å²) in [5.74, 6) is 0.884. The van der Waals surface area contributed by atoms with E-state index in [1.165, 1.54) is 0 Å². The molecule has 1 heterocycles. The molecular formula is C14H19N3O2. The van der Waals surface area contributed by atoms with Crippen LogP contribution >= 0.6 is 0 Å². The molecule has 1 N–H and O–H groups in total. The van der Waals surface area contributed by atoms with E-state index in [0.29, 0.717) is 18.8 Å². The van der Waals surface area contributed by atoms with Crippen molar-refractivity contribution in [1.29, 1.82) is 0 Å². The van der Waals surface area contributed by atoms with E-state index in [4.69, 9.17) is 4.74 Å². The first-order valence-electron chi connectivity index (χ1n) is 6.38. The Kier molecular flexibility index (Phi) is 4.16. The minimum absolute atomic E-state index is 0.120. The van der Waals surface area contributed by atoms with Gasteiger partial charge in [-0.1, -0.05) is 23.4 Å². The number of aliphatic hydroxyl groups is 1. The third-order valence-electron chi connectivity index (χ3n) is 3.13. The Bertz CT molecular complexity index is 522. The molecule has 0 bridgehead atoms. The second kappa shape index (κ2) is 5.84. The topological polar surface area (TPSA) is 60.2 Å². The molecule has 0 unspecified atom stereocenters. The van der Waals surface area contributed by atoms with Gasteiger partial charge in [-0.15, -0.1) is 5.10 Å². The van der Waals surface area contributed by atoms with Crippen molar-refractivity contribution >= 4 is 0 Å². The van der Waals surface area contributed by atoms with Gasteiger partial charge in [0, 0.05) is 6.54 Å². The molecule has 0 amide bonds. The molecule has 0 aliphatic heterocycles.